The van der Waals surface area contributed by atoms with E-state index in [1.165, 1.54) is 12.1 Å². The quantitative estimate of drug-likeness (QED) is 0.670. The van der Waals surface area contributed by atoms with Gasteiger partial charge in [0.2, 0.25) is 12.0 Å². The van der Waals surface area contributed by atoms with Gasteiger partial charge in [0.25, 0.3) is 5.91 Å². The summed E-state index contributed by atoms with van der Waals surface area (Å²) >= 11 is 3.29. The molecule has 0 unspecified atom stereocenters. The maximum Gasteiger partial charge on any atom is 0.418 e. The maximum atomic E-state index is 13.3. The summed E-state index contributed by atoms with van der Waals surface area (Å²) in [5.74, 6) is -2.74. The van der Waals surface area contributed by atoms with E-state index in [1.807, 2.05) is 0 Å². The predicted octanol–water partition coefficient (Wildman–Crippen LogP) is 3.76. The number of halogens is 4. The van der Waals surface area contributed by atoms with Gasteiger partial charge in [-0.2, -0.15) is 13.2 Å². The lowest BCUT2D eigenvalue weighted by molar-refractivity contribution is -0.137. The smallest absolute Gasteiger partial charge is 0.381 e. The molecule has 0 N–H and O–H groups in total. The summed E-state index contributed by atoms with van der Waals surface area (Å²) in [6, 6.07) is 11.3. The van der Waals surface area contributed by atoms with Crippen LogP contribution < -0.4 is 4.90 Å². The standard InChI is InChI=1S/C18H10BrF3N2O3/c19-10-7-5-9(6-8-10)14-13-15(27-23-14)17(26)24(16(13)25)12-4-2-1-3-11(12)18(20,21)22/h1-8,13,15H/t13-,15+/m1/s1. The molecular formula is C18H10BrF3N2O3. The minimum atomic E-state index is -4.71. The number of hydrogen-bond acceptors (Lipinski definition) is 4. The zero-order chi connectivity index (χ0) is 19.3. The molecule has 0 spiro atoms. The molecule has 138 valence electrons. The Hall–Kier alpha value is -2.68. The van der Waals surface area contributed by atoms with E-state index in [0.717, 1.165) is 16.6 Å². The molecule has 5 nitrogen and oxygen atoms in total. The lowest BCUT2D eigenvalue weighted by Crippen LogP contribution is -2.34. The van der Waals surface area contributed by atoms with Gasteiger partial charge >= 0.3 is 6.18 Å². The van der Waals surface area contributed by atoms with Crippen LogP contribution in [0.4, 0.5) is 18.9 Å². The molecule has 1 fully saturated rings. The van der Waals surface area contributed by atoms with Crippen LogP contribution in [0.1, 0.15) is 11.1 Å². The highest BCUT2D eigenvalue weighted by Gasteiger charge is 2.57. The number of rotatable bonds is 2. The molecule has 2 aromatic rings. The Kier molecular flexibility index (Phi) is 4.06. The van der Waals surface area contributed by atoms with Crippen LogP contribution in [0.3, 0.4) is 0 Å². The van der Waals surface area contributed by atoms with E-state index in [4.69, 9.17) is 4.84 Å². The van der Waals surface area contributed by atoms with Crippen LogP contribution in [0.2, 0.25) is 0 Å². The number of anilines is 1. The first-order valence-corrected chi connectivity index (χ1v) is 8.62. The van der Waals surface area contributed by atoms with Crippen LogP contribution in [0.25, 0.3) is 0 Å². The van der Waals surface area contributed by atoms with Crippen LogP contribution in [-0.4, -0.2) is 23.6 Å². The van der Waals surface area contributed by atoms with E-state index >= 15 is 0 Å². The number of benzene rings is 2. The van der Waals surface area contributed by atoms with Gasteiger partial charge in [-0.1, -0.05) is 45.4 Å². The average molecular weight is 439 g/mol. The SMILES string of the molecule is O=C1[C@@H]2C(c3ccc(Br)cc3)=NO[C@@H]2C(=O)N1c1ccccc1C(F)(F)F. The number of fused-ring (bicyclic) bond motifs is 1. The monoisotopic (exact) mass is 438 g/mol. The Morgan fingerprint density at radius 1 is 1.00 bits per heavy atom. The number of carbonyl (C=O) groups is 2. The van der Waals surface area contributed by atoms with Crippen molar-refractivity contribution in [2.24, 2.45) is 11.1 Å². The zero-order valence-corrected chi connectivity index (χ0v) is 15.0. The first-order valence-electron chi connectivity index (χ1n) is 7.82. The minimum Gasteiger partial charge on any atom is -0.381 e. The van der Waals surface area contributed by atoms with Crippen molar-refractivity contribution in [2.45, 2.75) is 12.3 Å². The molecule has 0 bridgehead atoms. The van der Waals surface area contributed by atoms with E-state index in [-0.39, 0.29) is 5.71 Å². The van der Waals surface area contributed by atoms with Crippen LogP contribution in [0, 0.1) is 5.92 Å². The molecule has 4 rings (SSSR count). The molecule has 9 heteroatoms. The fraction of sp³-hybridized carbons (Fsp3) is 0.167. The third-order valence-corrected chi connectivity index (χ3v) is 4.93. The Morgan fingerprint density at radius 3 is 2.33 bits per heavy atom. The number of para-hydroxylation sites is 1. The number of amides is 2. The van der Waals surface area contributed by atoms with Crippen LogP contribution in [0.5, 0.6) is 0 Å². The highest BCUT2D eigenvalue weighted by molar-refractivity contribution is 9.10. The Morgan fingerprint density at radius 2 is 1.67 bits per heavy atom. The van der Waals surface area contributed by atoms with Crippen molar-refractivity contribution in [2.75, 3.05) is 4.90 Å². The number of nitrogens with zero attached hydrogens (tertiary/aromatic N) is 2. The fourth-order valence-corrected chi connectivity index (χ4v) is 3.45. The van der Waals surface area contributed by atoms with E-state index in [1.54, 1.807) is 24.3 Å². The molecule has 2 aromatic carbocycles. The second kappa shape index (κ2) is 6.19. The summed E-state index contributed by atoms with van der Waals surface area (Å²) < 4.78 is 40.8. The minimum absolute atomic E-state index is 0.220. The molecule has 2 heterocycles. The second-order valence-electron chi connectivity index (χ2n) is 6.01. The van der Waals surface area contributed by atoms with E-state index in [2.05, 4.69) is 21.1 Å². The molecule has 0 radical (unpaired) electrons. The number of imide groups is 1. The zero-order valence-electron chi connectivity index (χ0n) is 13.4. The molecule has 0 saturated carbocycles. The van der Waals surface area contributed by atoms with Gasteiger partial charge in [-0.15, -0.1) is 0 Å². The van der Waals surface area contributed by atoms with Gasteiger partial charge in [0.1, 0.15) is 11.6 Å². The molecule has 2 atom stereocenters. The molecule has 2 aliphatic rings. The summed E-state index contributed by atoms with van der Waals surface area (Å²) in [7, 11) is 0. The lowest BCUT2D eigenvalue weighted by atomic mass is 9.94. The Labute approximate surface area is 159 Å². The molecule has 2 aliphatic heterocycles. The lowest BCUT2D eigenvalue weighted by Gasteiger charge is -2.20. The highest BCUT2D eigenvalue weighted by Crippen LogP contribution is 2.41. The highest BCUT2D eigenvalue weighted by atomic mass is 79.9. The van der Waals surface area contributed by atoms with Crippen molar-refractivity contribution in [1.82, 2.24) is 0 Å². The van der Waals surface area contributed by atoms with Gasteiger partial charge in [0, 0.05) is 10.0 Å². The van der Waals surface area contributed by atoms with Crippen molar-refractivity contribution in [1.29, 1.82) is 0 Å². The molecule has 1 saturated heterocycles. The molecule has 0 aliphatic carbocycles. The summed E-state index contributed by atoms with van der Waals surface area (Å²) in [5, 5.41) is 3.83. The van der Waals surface area contributed by atoms with Gasteiger partial charge < -0.3 is 4.84 Å². The average Bonchev–Trinajstić information content (AvgIpc) is 3.16. The van der Waals surface area contributed by atoms with Crippen molar-refractivity contribution < 1.29 is 27.6 Å². The first kappa shape index (κ1) is 17.7. The van der Waals surface area contributed by atoms with Crippen LogP contribution >= 0.6 is 15.9 Å². The third-order valence-electron chi connectivity index (χ3n) is 4.40. The molecule has 2 amide bonds. The number of carbonyl (C=O) groups excluding carboxylic acids is 2. The summed E-state index contributed by atoms with van der Waals surface area (Å²) in [6.07, 6.45) is -5.98. The van der Waals surface area contributed by atoms with Gasteiger partial charge in [-0.3, -0.25) is 9.59 Å². The number of hydrogen-bond donors (Lipinski definition) is 0. The Balaban J connectivity index is 1.74. The van der Waals surface area contributed by atoms with Crippen molar-refractivity contribution in [3.63, 3.8) is 0 Å². The van der Waals surface area contributed by atoms with Gasteiger partial charge in [0.15, 0.2) is 0 Å². The normalized spacial score (nSPS) is 21.9. The third kappa shape index (κ3) is 2.82. The maximum absolute atomic E-state index is 13.3. The molecule has 0 aromatic heterocycles. The number of alkyl halides is 3. The summed E-state index contributed by atoms with van der Waals surface area (Å²) in [5.41, 5.74) is -0.794. The van der Waals surface area contributed by atoms with E-state index in [9.17, 15) is 22.8 Å². The largest absolute Gasteiger partial charge is 0.418 e. The van der Waals surface area contributed by atoms with E-state index < -0.39 is 41.3 Å². The number of oxime groups is 1. The second-order valence-corrected chi connectivity index (χ2v) is 6.93. The van der Waals surface area contributed by atoms with Gasteiger partial charge in [-0.05, 0) is 24.3 Å². The summed E-state index contributed by atoms with van der Waals surface area (Å²) in [4.78, 5) is 31.2. The van der Waals surface area contributed by atoms with Gasteiger partial charge in [0.05, 0.1) is 11.3 Å². The Bertz CT molecular complexity index is 973. The van der Waals surface area contributed by atoms with Crippen molar-refractivity contribution >= 4 is 39.1 Å². The molecule has 27 heavy (non-hydrogen) atoms. The molecular weight excluding hydrogens is 429 g/mol. The van der Waals surface area contributed by atoms with Crippen molar-refractivity contribution in [3.05, 3.63) is 64.1 Å². The topological polar surface area (TPSA) is 59.0 Å². The predicted molar refractivity (Wildman–Crippen MR) is 93.0 cm³/mol. The van der Waals surface area contributed by atoms with Crippen LogP contribution in [-0.2, 0) is 20.6 Å². The van der Waals surface area contributed by atoms with Crippen molar-refractivity contribution in [3.8, 4) is 0 Å². The van der Waals surface area contributed by atoms with Gasteiger partial charge in [-0.25, -0.2) is 4.90 Å². The first-order chi connectivity index (χ1) is 12.8. The fourth-order valence-electron chi connectivity index (χ4n) is 3.18. The van der Waals surface area contributed by atoms with E-state index in [0.29, 0.717) is 10.5 Å². The van der Waals surface area contributed by atoms with Crippen LogP contribution in [0.15, 0.2) is 58.2 Å². The summed E-state index contributed by atoms with van der Waals surface area (Å²) in [6.45, 7) is 0.